The van der Waals surface area contributed by atoms with Crippen LogP contribution in [0.25, 0.3) is 0 Å². The van der Waals surface area contributed by atoms with E-state index in [9.17, 15) is 9.90 Å². The summed E-state index contributed by atoms with van der Waals surface area (Å²) < 4.78 is 3.97. The summed E-state index contributed by atoms with van der Waals surface area (Å²) in [4.78, 5) is 9.57. The van der Waals surface area contributed by atoms with Gasteiger partial charge in [-0.2, -0.15) is 0 Å². The molecular weight excluding hydrogens is 248 g/mol. The third kappa shape index (κ3) is 8.83. The van der Waals surface area contributed by atoms with Crippen molar-refractivity contribution in [2.75, 3.05) is 6.61 Å². The fourth-order valence-corrected chi connectivity index (χ4v) is 2.34. The summed E-state index contributed by atoms with van der Waals surface area (Å²) in [5.74, 6) is 1.95. The molecule has 0 aromatic carbocycles. The maximum atomic E-state index is 9.71. The van der Waals surface area contributed by atoms with Crippen molar-refractivity contribution >= 4 is 6.16 Å². The number of carboxylic acid groups (broad SMARTS) is 1. The van der Waals surface area contributed by atoms with Gasteiger partial charge in [0.1, 0.15) is 6.61 Å². The van der Waals surface area contributed by atoms with Crippen molar-refractivity contribution < 1.29 is 24.9 Å². The Hall–Kier alpha value is -0.810. The molecule has 0 amide bonds. The molecule has 19 heavy (non-hydrogen) atoms. The summed E-state index contributed by atoms with van der Waals surface area (Å²) in [6, 6.07) is 0. The Balaban J connectivity index is 0.000000362. The molecule has 0 aromatic rings. The van der Waals surface area contributed by atoms with Gasteiger partial charge >= 0.3 is 6.16 Å². The first-order chi connectivity index (χ1) is 8.73. The zero-order chi connectivity index (χ0) is 15.0. The molecule has 3 N–H and O–H groups in total. The fraction of sp³-hybridized carbons (Fsp3) is 0.929. The first kappa shape index (κ1) is 18.2. The molecule has 0 saturated heterocycles. The van der Waals surface area contributed by atoms with Crippen LogP contribution in [0.4, 0.5) is 4.79 Å². The number of aliphatic hydroxyl groups is 2. The summed E-state index contributed by atoms with van der Waals surface area (Å²) in [6.45, 7) is 7.95. The quantitative estimate of drug-likeness (QED) is 0.689. The van der Waals surface area contributed by atoms with Gasteiger partial charge in [-0.3, -0.25) is 0 Å². The van der Waals surface area contributed by atoms with Crippen LogP contribution in [-0.4, -0.2) is 40.3 Å². The Bertz CT molecular complexity index is 252. The van der Waals surface area contributed by atoms with Gasteiger partial charge in [0, 0.05) is 0 Å². The maximum Gasteiger partial charge on any atom is 0.505 e. The molecule has 1 rings (SSSR count). The molecule has 114 valence electrons. The van der Waals surface area contributed by atoms with E-state index in [0.29, 0.717) is 11.8 Å². The Kier molecular flexibility index (Phi) is 8.76. The zero-order valence-electron chi connectivity index (χ0n) is 12.4. The van der Waals surface area contributed by atoms with Gasteiger partial charge in [-0.1, -0.05) is 27.2 Å². The minimum absolute atomic E-state index is 0.0289. The number of ether oxygens (including phenoxy) is 1. The SMILES string of the molecule is CC(O)COC(=O)O.CC1CCC(C(C)C)C(O)C1. The Morgan fingerprint density at radius 3 is 2.21 bits per heavy atom. The summed E-state index contributed by atoms with van der Waals surface area (Å²) in [7, 11) is 0. The van der Waals surface area contributed by atoms with Crippen LogP contribution in [0.2, 0.25) is 0 Å². The van der Waals surface area contributed by atoms with Crippen LogP contribution < -0.4 is 0 Å². The van der Waals surface area contributed by atoms with Crippen LogP contribution in [0.3, 0.4) is 0 Å². The molecular formula is C14H28O5. The topological polar surface area (TPSA) is 87.0 Å². The van der Waals surface area contributed by atoms with Crippen LogP contribution >= 0.6 is 0 Å². The zero-order valence-corrected chi connectivity index (χ0v) is 12.4. The lowest BCUT2D eigenvalue weighted by Crippen LogP contribution is -2.31. The highest BCUT2D eigenvalue weighted by molar-refractivity contribution is 5.56. The van der Waals surface area contributed by atoms with Crippen molar-refractivity contribution in [1.82, 2.24) is 0 Å². The lowest BCUT2D eigenvalue weighted by molar-refractivity contribution is 0.0266. The van der Waals surface area contributed by atoms with Gasteiger partial charge in [0.15, 0.2) is 0 Å². The van der Waals surface area contributed by atoms with Crippen LogP contribution in [0.1, 0.15) is 47.0 Å². The van der Waals surface area contributed by atoms with Crippen LogP contribution in [0.15, 0.2) is 0 Å². The monoisotopic (exact) mass is 276 g/mol. The average molecular weight is 276 g/mol. The van der Waals surface area contributed by atoms with Crippen molar-refractivity contribution in [2.24, 2.45) is 17.8 Å². The minimum atomic E-state index is -1.36. The third-order valence-corrected chi connectivity index (χ3v) is 3.44. The highest BCUT2D eigenvalue weighted by atomic mass is 16.7. The number of hydrogen-bond donors (Lipinski definition) is 3. The van der Waals surface area contributed by atoms with E-state index in [1.54, 1.807) is 0 Å². The average Bonchev–Trinajstić information content (AvgIpc) is 2.26. The highest BCUT2D eigenvalue weighted by Crippen LogP contribution is 2.33. The molecule has 4 atom stereocenters. The molecule has 0 bridgehead atoms. The number of hydrogen-bond acceptors (Lipinski definition) is 4. The number of carbonyl (C=O) groups is 1. The molecule has 4 unspecified atom stereocenters. The van der Waals surface area contributed by atoms with E-state index in [1.807, 2.05) is 0 Å². The smallest absolute Gasteiger partial charge is 0.450 e. The Morgan fingerprint density at radius 2 is 1.89 bits per heavy atom. The van der Waals surface area contributed by atoms with Gasteiger partial charge in [-0.05, 0) is 37.5 Å². The fourth-order valence-electron chi connectivity index (χ4n) is 2.34. The number of aliphatic hydroxyl groups excluding tert-OH is 2. The molecule has 0 radical (unpaired) electrons. The predicted octanol–water partition coefficient (Wildman–Crippen LogP) is 2.50. The van der Waals surface area contributed by atoms with Gasteiger partial charge in [0.25, 0.3) is 0 Å². The lowest BCUT2D eigenvalue weighted by atomic mass is 9.75. The lowest BCUT2D eigenvalue weighted by Gasteiger charge is -2.33. The van der Waals surface area contributed by atoms with E-state index in [1.165, 1.54) is 19.8 Å². The van der Waals surface area contributed by atoms with E-state index in [-0.39, 0.29) is 12.7 Å². The van der Waals surface area contributed by atoms with Crippen molar-refractivity contribution in [3.8, 4) is 0 Å². The van der Waals surface area contributed by atoms with E-state index in [0.717, 1.165) is 12.3 Å². The molecule has 0 spiro atoms. The van der Waals surface area contributed by atoms with E-state index < -0.39 is 12.3 Å². The van der Waals surface area contributed by atoms with Crippen molar-refractivity contribution in [2.45, 2.75) is 59.2 Å². The second kappa shape index (κ2) is 9.15. The molecule has 1 saturated carbocycles. The van der Waals surface area contributed by atoms with E-state index in [4.69, 9.17) is 10.2 Å². The second-order valence-corrected chi connectivity index (χ2v) is 5.82. The number of rotatable bonds is 3. The molecule has 1 fully saturated rings. The summed E-state index contributed by atoms with van der Waals surface area (Å²) in [6.07, 6.45) is 1.44. The molecule has 1 aliphatic carbocycles. The summed E-state index contributed by atoms with van der Waals surface area (Å²) in [5.41, 5.74) is 0. The van der Waals surface area contributed by atoms with E-state index >= 15 is 0 Å². The van der Waals surface area contributed by atoms with Gasteiger partial charge in [-0.25, -0.2) is 4.79 Å². The van der Waals surface area contributed by atoms with Crippen LogP contribution in [0, 0.1) is 17.8 Å². The summed E-state index contributed by atoms with van der Waals surface area (Å²) >= 11 is 0. The van der Waals surface area contributed by atoms with Gasteiger partial charge in [0.05, 0.1) is 12.2 Å². The standard InChI is InChI=1S/C10H20O.C4H8O4/c1-7(2)9-5-4-8(3)6-10(9)11;1-3(5)2-8-4(6)7/h7-11H,4-6H2,1-3H3;3,5H,2H2,1H3,(H,6,7). The van der Waals surface area contributed by atoms with Gasteiger partial charge < -0.3 is 20.1 Å². The van der Waals surface area contributed by atoms with Gasteiger partial charge in [0.2, 0.25) is 0 Å². The molecule has 1 aliphatic rings. The minimum Gasteiger partial charge on any atom is -0.450 e. The maximum absolute atomic E-state index is 9.71. The first-order valence-electron chi connectivity index (χ1n) is 6.95. The molecule has 0 aliphatic heterocycles. The Labute approximate surface area is 115 Å². The molecule has 5 nitrogen and oxygen atoms in total. The van der Waals surface area contributed by atoms with E-state index in [2.05, 4.69) is 25.5 Å². The van der Waals surface area contributed by atoms with Crippen LogP contribution in [-0.2, 0) is 4.74 Å². The van der Waals surface area contributed by atoms with Crippen molar-refractivity contribution in [3.63, 3.8) is 0 Å². The van der Waals surface area contributed by atoms with Crippen molar-refractivity contribution in [1.29, 1.82) is 0 Å². The third-order valence-electron chi connectivity index (χ3n) is 3.44. The largest absolute Gasteiger partial charge is 0.505 e. The Morgan fingerprint density at radius 1 is 1.32 bits per heavy atom. The molecule has 0 heterocycles. The second-order valence-electron chi connectivity index (χ2n) is 5.82. The normalized spacial score (nSPS) is 28.3. The molecule has 5 heteroatoms. The summed E-state index contributed by atoms with van der Waals surface area (Å²) in [5, 5.41) is 26.0. The predicted molar refractivity (Wildman–Crippen MR) is 73.0 cm³/mol. The first-order valence-corrected chi connectivity index (χ1v) is 6.95. The molecule has 0 aromatic heterocycles. The van der Waals surface area contributed by atoms with Gasteiger partial charge in [-0.15, -0.1) is 0 Å². The highest BCUT2D eigenvalue weighted by Gasteiger charge is 2.28. The van der Waals surface area contributed by atoms with Crippen LogP contribution in [0.5, 0.6) is 0 Å². The van der Waals surface area contributed by atoms with Crippen molar-refractivity contribution in [3.05, 3.63) is 0 Å².